The van der Waals surface area contributed by atoms with Gasteiger partial charge in [-0.05, 0) is 65.6 Å². The number of halogens is 6. The summed E-state index contributed by atoms with van der Waals surface area (Å²) in [4.78, 5) is 14.9. The molecule has 0 aromatic carbocycles. The summed E-state index contributed by atoms with van der Waals surface area (Å²) in [5.41, 5.74) is 23.6. The van der Waals surface area contributed by atoms with Gasteiger partial charge in [-0.2, -0.15) is 15.3 Å². The molecular formula is C38H43BBr2F4N14O2. The van der Waals surface area contributed by atoms with Gasteiger partial charge in [0.05, 0.1) is 32.5 Å². The molecule has 0 bridgehead atoms. The molecule has 1 aliphatic heterocycles. The van der Waals surface area contributed by atoms with E-state index in [2.05, 4.69) is 67.1 Å². The van der Waals surface area contributed by atoms with Crippen molar-refractivity contribution in [3.63, 3.8) is 0 Å². The molecule has 7 aromatic heterocycles. The number of pyridine rings is 4. The normalized spacial score (nSPS) is 13.4. The summed E-state index contributed by atoms with van der Waals surface area (Å²) in [6.45, 7) is 8.18. The number of aromatic nitrogens is 10. The van der Waals surface area contributed by atoms with Crippen LogP contribution in [0.3, 0.4) is 0 Å². The fourth-order valence-electron chi connectivity index (χ4n) is 4.85. The number of hydrogen-bond donors (Lipinski definition) is 4. The third-order valence-electron chi connectivity index (χ3n) is 8.72. The Hall–Kier alpha value is -5.91. The van der Waals surface area contributed by atoms with Crippen molar-refractivity contribution < 1.29 is 26.9 Å². The first-order valence-electron chi connectivity index (χ1n) is 17.8. The largest absolute Gasteiger partial charge is 0.498 e. The zero-order chi connectivity index (χ0) is 45.2. The van der Waals surface area contributed by atoms with Crippen molar-refractivity contribution in [2.45, 2.75) is 38.9 Å². The summed E-state index contributed by atoms with van der Waals surface area (Å²) in [7, 11) is 5.12. The molecular weight excluding hydrogens is 931 g/mol. The Labute approximate surface area is 366 Å². The number of hydrogen-bond acceptors (Lipinski definition) is 13. The Morgan fingerprint density at radius 3 is 1.54 bits per heavy atom. The Morgan fingerprint density at radius 2 is 1.10 bits per heavy atom. The van der Waals surface area contributed by atoms with Gasteiger partial charge >= 0.3 is 7.12 Å². The maximum absolute atomic E-state index is 13.8. The van der Waals surface area contributed by atoms with Gasteiger partial charge in [0, 0.05) is 117 Å². The Morgan fingerprint density at radius 1 is 0.607 bits per heavy atom. The topological polar surface area (TPSA) is 228 Å². The molecule has 0 atom stereocenters. The van der Waals surface area contributed by atoms with E-state index in [1.807, 2.05) is 40.9 Å². The van der Waals surface area contributed by atoms with Crippen LogP contribution < -0.4 is 28.4 Å². The highest BCUT2D eigenvalue weighted by atomic mass is 79.9. The average Bonchev–Trinajstić information content (AvgIpc) is 3.97. The number of rotatable bonds is 3. The van der Waals surface area contributed by atoms with Crippen LogP contribution in [-0.2, 0) is 30.5 Å². The molecule has 0 saturated carbocycles. The highest BCUT2D eigenvalue weighted by molar-refractivity contribution is 9.10. The van der Waals surface area contributed by atoms with E-state index in [0.717, 1.165) is 11.5 Å². The molecule has 322 valence electrons. The van der Waals surface area contributed by atoms with Crippen LogP contribution in [0.25, 0.3) is 22.3 Å². The van der Waals surface area contributed by atoms with Crippen molar-refractivity contribution in [1.82, 2.24) is 49.3 Å². The van der Waals surface area contributed by atoms with E-state index in [4.69, 9.17) is 32.2 Å². The lowest BCUT2D eigenvalue weighted by atomic mass is 9.82. The molecule has 23 heteroatoms. The van der Waals surface area contributed by atoms with Crippen molar-refractivity contribution in [3.05, 3.63) is 118 Å². The van der Waals surface area contributed by atoms with E-state index in [1.54, 1.807) is 59.1 Å². The molecule has 8 rings (SSSR count). The van der Waals surface area contributed by atoms with Crippen LogP contribution in [0.15, 0.2) is 95.2 Å². The zero-order valence-electron chi connectivity index (χ0n) is 34.0. The highest BCUT2D eigenvalue weighted by Gasteiger charge is 2.52. The third-order valence-corrected chi connectivity index (χ3v) is 10.1. The van der Waals surface area contributed by atoms with E-state index in [1.165, 1.54) is 43.0 Å². The van der Waals surface area contributed by atoms with Gasteiger partial charge in [-0.3, -0.25) is 14.0 Å². The van der Waals surface area contributed by atoms with Gasteiger partial charge in [-0.1, -0.05) is 0 Å². The summed E-state index contributed by atoms with van der Waals surface area (Å²) >= 11 is 5.98. The van der Waals surface area contributed by atoms with Crippen LogP contribution in [0.4, 0.5) is 40.8 Å². The van der Waals surface area contributed by atoms with Crippen LogP contribution in [0.1, 0.15) is 27.7 Å². The summed E-state index contributed by atoms with van der Waals surface area (Å²) in [5, 5.41) is 12.0. The average molecular weight is 974 g/mol. The van der Waals surface area contributed by atoms with Gasteiger partial charge in [0.1, 0.15) is 40.7 Å². The molecule has 1 fully saturated rings. The first-order valence-corrected chi connectivity index (χ1v) is 19.4. The van der Waals surface area contributed by atoms with Crippen molar-refractivity contribution >= 4 is 67.7 Å². The molecule has 1 aliphatic rings. The standard InChI is InChI=1S/C10H17BN2O2.C9H8BrFN4.C9H9FN4.C5H4BrFN2.C5H5FN2/c1-9(2)10(3,4)15-11(14-9)8-6-12-13(5)7-8;1-15-4-5(2-14-15)6-3-13-9(12)7(10)8(6)11;1-14-5-6(3-13-14)7-4-12-9(11)2-8(7)10;6-3-2-9-5(8)1-4(3)7;6-4-1-2-8-5(7)3-4/h6-7H,1-5H3;2-4H,1H3,(H2,12,13);2-5H,1H3,(H2,11,12);1-2H,(H2,8,9);1-3H,(H2,7,8). The summed E-state index contributed by atoms with van der Waals surface area (Å²) in [6, 6.07) is 4.77. The first-order chi connectivity index (χ1) is 28.6. The van der Waals surface area contributed by atoms with E-state index < -0.39 is 5.82 Å². The lowest BCUT2D eigenvalue weighted by Gasteiger charge is -2.32. The highest BCUT2D eigenvalue weighted by Crippen LogP contribution is 2.36. The van der Waals surface area contributed by atoms with Crippen LogP contribution in [0, 0.1) is 23.3 Å². The molecule has 0 unspecified atom stereocenters. The molecule has 0 radical (unpaired) electrons. The molecule has 8 N–H and O–H groups in total. The molecule has 1 saturated heterocycles. The zero-order valence-corrected chi connectivity index (χ0v) is 37.2. The maximum atomic E-state index is 13.8. The first kappa shape index (κ1) is 47.8. The van der Waals surface area contributed by atoms with Crippen LogP contribution in [-0.4, -0.2) is 67.6 Å². The van der Waals surface area contributed by atoms with Crippen molar-refractivity contribution in [1.29, 1.82) is 0 Å². The number of nitrogens with zero attached hydrogens (tertiary/aromatic N) is 10. The predicted molar refractivity (Wildman–Crippen MR) is 233 cm³/mol. The van der Waals surface area contributed by atoms with E-state index in [-0.39, 0.29) is 63.5 Å². The van der Waals surface area contributed by atoms with Crippen LogP contribution in [0.5, 0.6) is 0 Å². The predicted octanol–water partition coefficient (Wildman–Crippen LogP) is 6.26. The second kappa shape index (κ2) is 20.6. The minimum absolute atomic E-state index is 0.139. The monoisotopic (exact) mass is 972 g/mol. The van der Waals surface area contributed by atoms with Gasteiger partial charge in [0.15, 0.2) is 5.82 Å². The second-order valence-corrected chi connectivity index (χ2v) is 15.7. The number of anilines is 4. The summed E-state index contributed by atoms with van der Waals surface area (Å²) in [5.74, 6) is -0.822. The lowest BCUT2D eigenvalue weighted by Crippen LogP contribution is -2.41. The van der Waals surface area contributed by atoms with E-state index in [9.17, 15) is 17.6 Å². The smallest absolute Gasteiger partial charge is 0.399 e. The van der Waals surface area contributed by atoms with Crippen molar-refractivity contribution in [2.24, 2.45) is 21.1 Å². The molecule has 0 spiro atoms. The molecule has 61 heavy (non-hydrogen) atoms. The molecule has 0 aliphatic carbocycles. The quantitative estimate of drug-likeness (QED) is 0.113. The number of aryl methyl sites for hydroxylation is 3. The summed E-state index contributed by atoms with van der Waals surface area (Å²) < 4.78 is 68.8. The van der Waals surface area contributed by atoms with Gasteiger partial charge in [0.25, 0.3) is 0 Å². The Balaban J connectivity index is 0.000000171. The Kier molecular flexibility index (Phi) is 16.1. The van der Waals surface area contributed by atoms with Gasteiger partial charge < -0.3 is 32.2 Å². The minimum atomic E-state index is -0.421. The van der Waals surface area contributed by atoms with E-state index in [0.29, 0.717) is 26.7 Å². The fourth-order valence-corrected chi connectivity index (χ4v) is 5.38. The van der Waals surface area contributed by atoms with Gasteiger partial charge in [0.2, 0.25) is 0 Å². The molecule has 8 heterocycles. The lowest BCUT2D eigenvalue weighted by molar-refractivity contribution is 0.00578. The van der Waals surface area contributed by atoms with Gasteiger partial charge in [-0.25, -0.2) is 37.5 Å². The SMILES string of the molecule is Cn1cc(-c2cnc(N)c(Br)c2F)cn1.Cn1cc(-c2cnc(N)cc2F)cn1.Cn1cc(B2OC(C)(C)C(C)(C)O2)cn1.Nc1cc(F)c(Br)cn1.Nc1cc(F)ccn1. The Bertz CT molecular complexity index is 2520. The number of nitrogen functional groups attached to an aromatic ring is 4. The fraction of sp³-hybridized carbons (Fsp3) is 0.237. The van der Waals surface area contributed by atoms with Crippen molar-refractivity contribution in [3.8, 4) is 22.3 Å². The maximum Gasteiger partial charge on any atom is 0.498 e. The van der Waals surface area contributed by atoms with E-state index >= 15 is 0 Å². The molecule has 7 aromatic rings. The third kappa shape index (κ3) is 13.3. The molecule has 0 amide bonds. The minimum Gasteiger partial charge on any atom is -0.399 e. The van der Waals surface area contributed by atoms with Crippen molar-refractivity contribution in [2.75, 3.05) is 22.9 Å². The van der Waals surface area contributed by atoms with Crippen LogP contribution >= 0.6 is 31.9 Å². The second-order valence-electron chi connectivity index (χ2n) is 14.0. The van der Waals surface area contributed by atoms with Crippen LogP contribution in [0.2, 0.25) is 0 Å². The van der Waals surface area contributed by atoms with Gasteiger partial charge in [-0.15, -0.1) is 0 Å². The molecule has 16 nitrogen and oxygen atoms in total. The number of nitrogens with two attached hydrogens (primary N) is 4. The summed E-state index contributed by atoms with van der Waals surface area (Å²) in [6.07, 6.45) is 15.7.